The van der Waals surface area contributed by atoms with Gasteiger partial charge in [-0.15, -0.1) is 0 Å². The minimum Gasteiger partial charge on any atom is -0.157 e. The minimum atomic E-state index is 0.194. The van der Waals surface area contributed by atoms with Gasteiger partial charge in [0.2, 0.25) is 0 Å². The van der Waals surface area contributed by atoms with Crippen molar-refractivity contribution in [2.24, 2.45) is 0 Å². The molecule has 0 aliphatic heterocycles. The number of hydrogen-bond acceptors (Lipinski definition) is 2. The molecule has 0 aliphatic carbocycles. The molecule has 0 spiro atoms. The fraction of sp³-hybridized carbons (Fsp3) is 0. The average Bonchev–Trinajstić information content (AvgIpc) is 1.86. The monoisotopic (exact) mass is 86.0 g/mol. The van der Waals surface area contributed by atoms with Crippen LogP contribution in [0.15, 0.2) is 10.7 Å². The van der Waals surface area contributed by atoms with Crippen molar-refractivity contribution in [3.05, 3.63) is 17.4 Å². The molecule has 0 atom stereocenters. The molecular formula is C2H2N2O2+. The third kappa shape index (κ3) is 0.314. The van der Waals surface area contributed by atoms with Crippen LogP contribution in [-0.4, -0.2) is 5.10 Å². The van der Waals surface area contributed by atoms with Gasteiger partial charge >= 0.3 is 4.71 Å². The highest BCUT2D eigenvalue weighted by molar-refractivity contribution is 4.41. The zero-order valence-electron chi connectivity index (χ0n) is 2.84. The smallest absolute Gasteiger partial charge is 0.157 e. The molecule has 0 aromatic carbocycles. The van der Waals surface area contributed by atoms with Gasteiger partial charge < -0.3 is 0 Å². The van der Waals surface area contributed by atoms with Crippen LogP contribution in [0, 0.1) is 11.2 Å². The lowest BCUT2D eigenvalue weighted by Crippen LogP contribution is -2.11. The van der Waals surface area contributed by atoms with Crippen LogP contribution in [0.2, 0.25) is 0 Å². The zero-order chi connectivity index (χ0) is 4.41. The lowest BCUT2D eigenvalue weighted by atomic mass is 11.0. The summed E-state index contributed by atoms with van der Waals surface area (Å²) >= 11 is 0. The summed E-state index contributed by atoms with van der Waals surface area (Å²) in [5.74, 6) is 0. The fourth-order valence-electron chi connectivity index (χ4n) is 0.180. The maximum absolute atomic E-state index is 9.73. The zero-order valence-corrected chi connectivity index (χ0v) is 2.84. The lowest BCUT2D eigenvalue weighted by molar-refractivity contribution is -0.752. The first-order chi connectivity index (χ1) is 2.89. The normalized spacial score (nSPS) is 8.67. The molecular weight excluding hydrogens is 84.0 g/mol. The second-order valence-electron chi connectivity index (χ2n) is 0.740. The van der Waals surface area contributed by atoms with Gasteiger partial charge in [0, 0.05) is 0 Å². The number of nitrogens with zero attached hydrogens (tertiary/aromatic N) is 1. The number of rotatable bonds is 0. The molecule has 0 amide bonds. The summed E-state index contributed by atoms with van der Waals surface area (Å²) in [7, 11) is 0. The van der Waals surface area contributed by atoms with Gasteiger partial charge in [-0.3, -0.25) is 0 Å². The number of hydrogen-bond donors (Lipinski definition) is 1. The maximum atomic E-state index is 9.73. The molecule has 1 heterocycles. The van der Waals surface area contributed by atoms with Crippen LogP contribution < -0.4 is 4.71 Å². The van der Waals surface area contributed by atoms with E-state index in [4.69, 9.17) is 0 Å². The molecule has 0 saturated heterocycles. The van der Waals surface area contributed by atoms with E-state index >= 15 is 0 Å². The third-order valence-corrected chi connectivity index (χ3v) is 0.365. The highest BCUT2D eigenvalue weighted by atomic mass is 16.6. The van der Waals surface area contributed by atoms with E-state index in [0.29, 0.717) is 0 Å². The average molecular weight is 86.0 g/mol. The maximum Gasteiger partial charge on any atom is 0.367 e. The Morgan fingerprint density at radius 1 is 2.00 bits per heavy atom. The number of aromatic nitrogens is 2. The number of aromatic amines is 1. The highest BCUT2D eigenvalue weighted by Crippen LogP contribution is 1.57. The molecule has 0 saturated carbocycles. The Hall–Kier alpha value is -1.06. The van der Waals surface area contributed by atoms with E-state index in [1.807, 2.05) is 0 Å². The standard InChI is InChI=1S/C2H2N2O2/c5-4-3-1-2-6-4/h1H,(H,3,5)/q+1. The van der Waals surface area contributed by atoms with Gasteiger partial charge in [0.1, 0.15) is 11.1 Å². The predicted octanol–water partition coefficient (Wildman–Crippen LogP) is -0.678. The van der Waals surface area contributed by atoms with Crippen LogP contribution in [0.3, 0.4) is 0 Å². The third-order valence-electron chi connectivity index (χ3n) is 0.365. The summed E-state index contributed by atoms with van der Waals surface area (Å²) in [6.45, 7) is 0. The second kappa shape index (κ2) is 0.965. The fourth-order valence-corrected chi connectivity index (χ4v) is 0.180. The quantitative estimate of drug-likeness (QED) is 0.455. The van der Waals surface area contributed by atoms with Crippen LogP contribution in [0.25, 0.3) is 0 Å². The SMILES string of the molecule is O=[n+]1[nH]c[c]o1. The molecule has 0 aliphatic rings. The summed E-state index contributed by atoms with van der Waals surface area (Å²) in [6, 6.07) is 0. The molecule has 1 aromatic heterocycles. The van der Waals surface area contributed by atoms with Crippen LogP contribution in [0.1, 0.15) is 0 Å². The Labute approximate surface area is 32.9 Å². The van der Waals surface area contributed by atoms with Crippen molar-refractivity contribution in [2.75, 3.05) is 0 Å². The minimum absolute atomic E-state index is 0.194. The summed E-state index contributed by atoms with van der Waals surface area (Å²) < 4.78 is 4.21. The molecule has 0 bridgehead atoms. The van der Waals surface area contributed by atoms with Gasteiger partial charge in [0.05, 0.1) is 0 Å². The van der Waals surface area contributed by atoms with Gasteiger partial charge in [0.15, 0.2) is 0 Å². The first-order valence-electron chi connectivity index (χ1n) is 1.37. The molecule has 1 N–H and O–H groups in total. The largest absolute Gasteiger partial charge is 0.367 e. The Morgan fingerprint density at radius 2 is 2.83 bits per heavy atom. The van der Waals surface area contributed by atoms with E-state index in [9.17, 15) is 4.91 Å². The first-order valence-corrected chi connectivity index (χ1v) is 1.37. The highest BCUT2D eigenvalue weighted by Gasteiger charge is 1.84. The number of nitrogens with one attached hydrogen (secondary N) is 1. The van der Waals surface area contributed by atoms with Gasteiger partial charge in [-0.2, -0.15) is 4.52 Å². The molecule has 4 nitrogen and oxygen atoms in total. The number of H-pyrrole nitrogens is 1. The van der Waals surface area contributed by atoms with E-state index in [1.54, 1.807) is 0 Å². The van der Waals surface area contributed by atoms with Gasteiger partial charge in [-0.05, 0) is 0 Å². The van der Waals surface area contributed by atoms with E-state index in [1.165, 1.54) is 6.20 Å². The van der Waals surface area contributed by atoms with Gasteiger partial charge in [-0.1, -0.05) is 5.10 Å². The van der Waals surface area contributed by atoms with E-state index in [2.05, 4.69) is 15.9 Å². The molecule has 1 rings (SSSR count). The van der Waals surface area contributed by atoms with E-state index in [-0.39, 0.29) is 4.71 Å². The summed E-state index contributed by atoms with van der Waals surface area (Å²) in [6.07, 6.45) is 3.42. The molecule has 0 fully saturated rings. The molecule has 4 heteroatoms. The molecule has 0 unspecified atom stereocenters. The van der Waals surface area contributed by atoms with Gasteiger partial charge in [0.25, 0.3) is 6.26 Å². The van der Waals surface area contributed by atoms with Crippen molar-refractivity contribution in [1.82, 2.24) is 5.10 Å². The Balaban J connectivity index is 3.41. The predicted molar refractivity (Wildman–Crippen MR) is 15.3 cm³/mol. The van der Waals surface area contributed by atoms with Gasteiger partial charge in [-0.25, -0.2) is 0 Å². The van der Waals surface area contributed by atoms with Crippen LogP contribution >= 0.6 is 0 Å². The molecule has 1 aromatic rings. The Bertz CT molecular complexity index is 147. The van der Waals surface area contributed by atoms with Crippen molar-refractivity contribution >= 4 is 0 Å². The van der Waals surface area contributed by atoms with Crippen molar-refractivity contribution in [2.45, 2.75) is 0 Å². The summed E-state index contributed by atoms with van der Waals surface area (Å²) in [5.41, 5.74) is 0. The van der Waals surface area contributed by atoms with Crippen LogP contribution in [-0.2, 0) is 0 Å². The Morgan fingerprint density at radius 3 is 3.00 bits per heavy atom. The van der Waals surface area contributed by atoms with E-state index < -0.39 is 0 Å². The second-order valence-corrected chi connectivity index (χ2v) is 0.740. The first kappa shape index (κ1) is 3.14. The van der Waals surface area contributed by atoms with Crippen molar-refractivity contribution in [3.8, 4) is 0 Å². The van der Waals surface area contributed by atoms with Crippen LogP contribution in [0.5, 0.6) is 0 Å². The Kier molecular flexibility index (Phi) is 0.506. The van der Waals surface area contributed by atoms with E-state index in [0.717, 1.165) is 0 Å². The van der Waals surface area contributed by atoms with Crippen molar-refractivity contribution < 1.29 is 9.24 Å². The van der Waals surface area contributed by atoms with Crippen molar-refractivity contribution in [3.63, 3.8) is 0 Å². The lowest BCUT2D eigenvalue weighted by Gasteiger charge is -1.36. The summed E-state index contributed by atoms with van der Waals surface area (Å²) in [5, 5.41) is 2.14. The molecule has 31 valence electrons. The summed E-state index contributed by atoms with van der Waals surface area (Å²) in [4.78, 5) is 9.73. The topological polar surface area (TPSA) is 51.9 Å². The van der Waals surface area contributed by atoms with Crippen molar-refractivity contribution in [1.29, 1.82) is 0 Å². The molecule has 6 heavy (non-hydrogen) atoms. The van der Waals surface area contributed by atoms with Crippen LogP contribution in [0.4, 0.5) is 0 Å². The molecule has 1 radical (unpaired) electrons.